The molecule has 0 radical (unpaired) electrons. The second kappa shape index (κ2) is 13.2. The number of rotatable bonds is 9. The first-order valence-corrected chi connectivity index (χ1v) is 14.1. The molecular weight excluding hydrogens is 526 g/mol. The van der Waals surface area contributed by atoms with Crippen LogP contribution in [0, 0.1) is 5.92 Å². The SMILES string of the molecule is COc1cc2c(c(OC)c1OC)-c1ccc(N[C@H](CC(C)C)C(=O)N3CCOCC3)c(=O)cc1[C@H](NC(C)=O)CC2. The van der Waals surface area contributed by atoms with Gasteiger partial charge in [-0.25, -0.2) is 0 Å². The Morgan fingerprint density at radius 3 is 2.37 bits per heavy atom. The molecular formula is C31H41N3O7. The van der Waals surface area contributed by atoms with Crippen LogP contribution in [0.3, 0.4) is 0 Å². The average molecular weight is 568 g/mol. The van der Waals surface area contributed by atoms with Crippen molar-refractivity contribution in [3.8, 4) is 28.4 Å². The van der Waals surface area contributed by atoms with Crippen LogP contribution in [0.15, 0.2) is 29.1 Å². The summed E-state index contributed by atoms with van der Waals surface area (Å²) in [6.07, 6.45) is 1.74. The van der Waals surface area contributed by atoms with E-state index in [4.69, 9.17) is 18.9 Å². The molecule has 1 aliphatic heterocycles. The molecule has 1 saturated heterocycles. The molecule has 41 heavy (non-hydrogen) atoms. The predicted octanol–water partition coefficient (Wildman–Crippen LogP) is 3.55. The van der Waals surface area contributed by atoms with E-state index >= 15 is 0 Å². The second-order valence-electron chi connectivity index (χ2n) is 10.9. The molecule has 0 saturated carbocycles. The Labute approximate surface area is 241 Å². The number of fused-ring (bicyclic) bond motifs is 3. The number of nitrogens with one attached hydrogen (secondary N) is 2. The van der Waals surface area contributed by atoms with Gasteiger partial charge in [-0.3, -0.25) is 14.4 Å². The van der Waals surface area contributed by atoms with Crippen LogP contribution in [0.1, 0.15) is 50.8 Å². The van der Waals surface area contributed by atoms with E-state index in [1.54, 1.807) is 38.4 Å². The van der Waals surface area contributed by atoms with E-state index in [1.807, 2.05) is 12.1 Å². The van der Waals surface area contributed by atoms with Crippen molar-refractivity contribution in [2.24, 2.45) is 5.92 Å². The van der Waals surface area contributed by atoms with Gasteiger partial charge in [-0.05, 0) is 60.1 Å². The largest absolute Gasteiger partial charge is 0.493 e. The molecule has 1 aliphatic carbocycles. The normalized spacial score (nSPS) is 17.0. The van der Waals surface area contributed by atoms with Gasteiger partial charge < -0.3 is 34.5 Å². The fraction of sp³-hybridized carbons (Fsp3) is 0.516. The molecule has 222 valence electrons. The molecule has 2 amide bonds. The Bertz CT molecular complexity index is 1340. The highest BCUT2D eigenvalue weighted by atomic mass is 16.5. The van der Waals surface area contributed by atoms with E-state index < -0.39 is 12.1 Å². The zero-order valence-corrected chi connectivity index (χ0v) is 24.8. The smallest absolute Gasteiger partial charge is 0.245 e. The number of hydrogen-bond acceptors (Lipinski definition) is 8. The molecule has 2 aromatic rings. The molecule has 2 aromatic carbocycles. The maximum absolute atomic E-state index is 13.7. The molecule has 1 heterocycles. The standard InChI is InChI=1S/C31H41N3O7/c1-18(2)15-25(31(37)34-11-13-41-14-12-34)33-24-10-8-21-22(17-26(24)36)23(32-19(3)35)9-7-20-16-27(38-4)29(39-5)30(40-6)28(20)21/h8,10,16-18,23,25H,7,9,11-15H2,1-6H3,(H,32,35)(H,33,36)/t23-,25-/m1/s1. The van der Waals surface area contributed by atoms with Crippen molar-refractivity contribution < 1.29 is 28.5 Å². The summed E-state index contributed by atoms with van der Waals surface area (Å²) in [5, 5.41) is 6.30. The number of aryl methyl sites for hydroxylation is 1. The number of amides is 2. The number of morpholine rings is 1. The highest BCUT2D eigenvalue weighted by Crippen LogP contribution is 2.50. The minimum Gasteiger partial charge on any atom is -0.493 e. The number of methoxy groups -OCH3 is 3. The first-order chi connectivity index (χ1) is 19.7. The van der Waals surface area contributed by atoms with Gasteiger partial charge in [-0.2, -0.15) is 0 Å². The molecule has 0 aromatic heterocycles. The second-order valence-corrected chi connectivity index (χ2v) is 10.9. The van der Waals surface area contributed by atoms with E-state index in [-0.39, 0.29) is 23.2 Å². The summed E-state index contributed by atoms with van der Waals surface area (Å²) in [6.45, 7) is 7.62. The molecule has 0 unspecified atom stereocenters. The predicted molar refractivity (Wildman–Crippen MR) is 157 cm³/mol. The first kappa shape index (κ1) is 30.2. The number of nitrogens with zero attached hydrogens (tertiary/aromatic N) is 1. The van der Waals surface area contributed by atoms with Gasteiger partial charge in [0.05, 0.1) is 46.3 Å². The lowest BCUT2D eigenvalue weighted by Crippen LogP contribution is -2.48. The van der Waals surface area contributed by atoms with E-state index in [0.29, 0.717) is 74.1 Å². The van der Waals surface area contributed by atoms with Gasteiger partial charge in [-0.1, -0.05) is 19.9 Å². The Balaban J connectivity index is 1.87. The summed E-state index contributed by atoms with van der Waals surface area (Å²) in [4.78, 5) is 41.3. The van der Waals surface area contributed by atoms with Gasteiger partial charge in [0.1, 0.15) is 6.04 Å². The van der Waals surface area contributed by atoms with Crippen molar-refractivity contribution >= 4 is 17.5 Å². The Kier molecular flexibility index (Phi) is 9.75. The summed E-state index contributed by atoms with van der Waals surface area (Å²) in [5.74, 6) is 1.45. The van der Waals surface area contributed by atoms with Crippen molar-refractivity contribution in [3.05, 3.63) is 45.6 Å². The zero-order valence-electron chi connectivity index (χ0n) is 24.8. The third-order valence-corrected chi connectivity index (χ3v) is 7.57. The topological polar surface area (TPSA) is 115 Å². The monoisotopic (exact) mass is 567 g/mol. The van der Waals surface area contributed by atoms with E-state index in [1.165, 1.54) is 6.92 Å². The van der Waals surface area contributed by atoms with Gasteiger partial charge >= 0.3 is 0 Å². The third kappa shape index (κ3) is 6.59. The van der Waals surface area contributed by atoms with Crippen molar-refractivity contribution in [3.63, 3.8) is 0 Å². The fourth-order valence-corrected chi connectivity index (χ4v) is 5.71. The number of hydrogen-bond donors (Lipinski definition) is 2. The van der Waals surface area contributed by atoms with Gasteiger partial charge in [-0.15, -0.1) is 0 Å². The molecule has 2 aliphatic rings. The molecule has 10 heteroatoms. The van der Waals surface area contributed by atoms with Crippen LogP contribution in [-0.2, 0) is 20.7 Å². The first-order valence-electron chi connectivity index (χ1n) is 14.1. The van der Waals surface area contributed by atoms with Gasteiger partial charge in [0, 0.05) is 25.6 Å². The van der Waals surface area contributed by atoms with Crippen LogP contribution < -0.4 is 30.3 Å². The van der Waals surface area contributed by atoms with E-state index in [2.05, 4.69) is 24.5 Å². The minimum atomic E-state index is -0.569. The molecule has 4 rings (SSSR count). The number of carbonyl (C=O) groups excluding carboxylic acids is 2. The van der Waals surface area contributed by atoms with Crippen molar-refractivity contribution in [1.29, 1.82) is 0 Å². The fourth-order valence-electron chi connectivity index (χ4n) is 5.71. The Hall–Kier alpha value is -3.79. The van der Waals surface area contributed by atoms with Crippen LogP contribution in [0.25, 0.3) is 11.1 Å². The van der Waals surface area contributed by atoms with Crippen molar-refractivity contribution in [2.75, 3.05) is 52.9 Å². The van der Waals surface area contributed by atoms with Crippen LogP contribution in [0.5, 0.6) is 17.2 Å². The van der Waals surface area contributed by atoms with E-state index in [9.17, 15) is 14.4 Å². The minimum absolute atomic E-state index is 0.0468. The molecule has 2 atom stereocenters. The van der Waals surface area contributed by atoms with Crippen molar-refractivity contribution in [1.82, 2.24) is 10.2 Å². The maximum Gasteiger partial charge on any atom is 0.245 e. The van der Waals surface area contributed by atoms with Crippen LogP contribution in [0.2, 0.25) is 0 Å². The lowest BCUT2D eigenvalue weighted by Gasteiger charge is -2.31. The van der Waals surface area contributed by atoms with Crippen LogP contribution in [0.4, 0.5) is 5.69 Å². The molecule has 2 N–H and O–H groups in total. The summed E-state index contributed by atoms with van der Waals surface area (Å²) in [7, 11) is 4.69. The molecule has 0 spiro atoms. The summed E-state index contributed by atoms with van der Waals surface area (Å²) in [5.41, 5.74) is 3.17. The highest BCUT2D eigenvalue weighted by molar-refractivity contribution is 5.86. The maximum atomic E-state index is 13.7. The quantitative estimate of drug-likeness (QED) is 0.473. The van der Waals surface area contributed by atoms with Crippen LogP contribution in [-0.4, -0.2) is 70.4 Å². The number of anilines is 1. The Morgan fingerprint density at radius 2 is 1.76 bits per heavy atom. The summed E-state index contributed by atoms with van der Waals surface area (Å²) >= 11 is 0. The van der Waals surface area contributed by atoms with Crippen LogP contribution >= 0.6 is 0 Å². The average Bonchev–Trinajstić information content (AvgIpc) is 3.20. The highest BCUT2D eigenvalue weighted by Gasteiger charge is 2.31. The molecule has 10 nitrogen and oxygen atoms in total. The third-order valence-electron chi connectivity index (χ3n) is 7.57. The summed E-state index contributed by atoms with van der Waals surface area (Å²) < 4.78 is 22.5. The van der Waals surface area contributed by atoms with Gasteiger partial charge in [0.25, 0.3) is 0 Å². The van der Waals surface area contributed by atoms with Gasteiger partial charge in [0.15, 0.2) is 11.5 Å². The molecule has 1 fully saturated rings. The van der Waals surface area contributed by atoms with Crippen molar-refractivity contribution in [2.45, 2.75) is 52.1 Å². The number of ether oxygens (including phenoxy) is 4. The zero-order chi connectivity index (χ0) is 29.7. The number of benzene rings is 1. The molecule has 0 bridgehead atoms. The van der Waals surface area contributed by atoms with Gasteiger partial charge in [0.2, 0.25) is 23.0 Å². The lowest BCUT2D eigenvalue weighted by atomic mass is 9.95. The summed E-state index contributed by atoms with van der Waals surface area (Å²) in [6, 6.07) is 6.08. The Morgan fingerprint density at radius 1 is 1.05 bits per heavy atom. The van der Waals surface area contributed by atoms with E-state index in [0.717, 1.165) is 16.7 Å². The number of carbonyl (C=O) groups is 2. The lowest BCUT2D eigenvalue weighted by molar-refractivity contribution is -0.136.